The van der Waals surface area contributed by atoms with Crippen LogP contribution in [0.1, 0.15) is 18.9 Å². The predicted molar refractivity (Wildman–Crippen MR) is 86.1 cm³/mol. The van der Waals surface area contributed by atoms with E-state index in [4.69, 9.17) is 0 Å². The first-order chi connectivity index (χ1) is 9.81. The lowest BCUT2D eigenvalue weighted by molar-refractivity contribution is 0.706. The predicted octanol–water partition coefficient (Wildman–Crippen LogP) is 4.60. The summed E-state index contributed by atoms with van der Waals surface area (Å²) in [7, 11) is 0. The molecule has 1 atom stereocenters. The zero-order chi connectivity index (χ0) is 13.8. The van der Waals surface area contributed by atoms with Crippen LogP contribution in [0.5, 0.6) is 0 Å². The van der Waals surface area contributed by atoms with Gasteiger partial charge in [-0.05, 0) is 49.6 Å². The summed E-state index contributed by atoms with van der Waals surface area (Å²) in [5, 5.41) is 4.84. The maximum absolute atomic E-state index is 3.58. The van der Waals surface area contributed by atoms with E-state index in [0.717, 1.165) is 12.8 Å². The van der Waals surface area contributed by atoms with Crippen molar-refractivity contribution in [2.75, 3.05) is 5.32 Å². The summed E-state index contributed by atoms with van der Waals surface area (Å²) in [6.07, 6.45) is 4.23. The molecule has 0 saturated heterocycles. The Morgan fingerprint density at radius 2 is 1.90 bits per heavy atom. The van der Waals surface area contributed by atoms with Crippen LogP contribution in [0.15, 0.2) is 60.8 Å². The number of aromatic nitrogens is 1. The van der Waals surface area contributed by atoms with E-state index in [2.05, 4.69) is 71.8 Å². The molecule has 3 rings (SSSR count). The number of H-pyrrole nitrogens is 1. The molecule has 0 amide bonds. The molecule has 2 N–H and O–H groups in total. The van der Waals surface area contributed by atoms with Gasteiger partial charge in [0.25, 0.3) is 0 Å². The molecule has 0 spiro atoms. The normalized spacial score (nSPS) is 12.4. The summed E-state index contributed by atoms with van der Waals surface area (Å²) in [5.74, 6) is 0. The van der Waals surface area contributed by atoms with Crippen LogP contribution < -0.4 is 5.32 Å². The third-order valence-electron chi connectivity index (χ3n) is 3.68. The van der Waals surface area contributed by atoms with E-state index in [1.165, 1.54) is 22.2 Å². The zero-order valence-corrected chi connectivity index (χ0v) is 11.8. The minimum atomic E-state index is 0.464. The van der Waals surface area contributed by atoms with Gasteiger partial charge in [-0.15, -0.1) is 0 Å². The van der Waals surface area contributed by atoms with Crippen molar-refractivity contribution in [2.24, 2.45) is 0 Å². The van der Waals surface area contributed by atoms with Crippen molar-refractivity contribution in [1.29, 1.82) is 0 Å². The topological polar surface area (TPSA) is 27.8 Å². The molecule has 0 fully saturated rings. The first-order valence-corrected chi connectivity index (χ1v) is 7.19. The van der Waals surface area contributed by atoms with Crippen molar-refractivity contribution in [1.82, 2.24) is 4.98 Å². The standard InChI is InChI=1S/C18H20N2/c1-14(7-8-15-5-3-2-4-6-15)20-17-9-10-18-16(13-17)11-12-19-18/h2-6,9-14,19-20H,7-8H2,1H3. The second-order valence-corrected chi connectivity index (χ2v) is 5.35. The highest BCUT2D eigenvalue weighted by Gasteiger charge is 2.04. The Morgan fingerprint density at radius 1 is 1.05 bits per heavy atom. The number of nitrogens with one attached hydrogen (secondary N) is 2. The second-order valence-electron chi connectivity index (χ2n) is 5.35. The molecule has 0 aliphatic carbocycles. The number of benzene rings is 2. The summed E-state index contributed by atoms with van der Waals surface area (Å²) < 4.78 is 0. The quantitative estimate of drug-likeness (QED) is 0.692. The molecule has 102 valence electrons. The molecule has 0 radical (unpaired) electrons. The molecule has 20 heavy (non-hydrogen) atoms. The molecule has 1 aromatic heterocycles. The molecule has 2 nitrogen and oxygen atoms in total. The maximum atomic E-state index is 3.58. The maximum Gasteiger partial charge on any atom is 0.0455 e. The molecule has 3 aromatic rings. The number of anilines is 1. The van der Waals surface area contributed by atoms with Gasteiger partial charge < -0.3 is 10.3 Å². The Balaban J connectivity index is 1.59. The van der Waals surface area contributed by atoms with Gasteiger partial charge in [0.1, 0.15) is 0 Å². The van der Waals surface area contributed by atoms with Crippen LogP contribution in [0.4, 0.5) is 5.69 Å². The minimum Gasteiger partial charge on any atom is -0.383 e. The molecule has 0 bridgehead atoms. The second kappa shape index (κ2) is 5.83. The summed E-state index contributed by atoms with van der Waals surface area (Å²) in [6.45, 7) is 2.24. The highest BCUT2D eigenvalue weighted by molar-refractivity contribution is 5.82. The van der Waals surface area contributed by atoms with Gasteiger partial charge in [-0.2, -0.15) is 0 Å². The van der Waals surface area contributed by atoms with Crippen molar-refractivity contribution >= 4 is 16.6 Å². The van der Waals surface area contributed by atoms with E-state index in [1.54, 1.807) is 0 Å². The van der Waals surface area contributed by atoms with Gasteiger partial charge in [0.05, 0.1) is 0 Å². The first-order valence-electron chi connectivity index (χ1n) is 7.19. The van der Waals surface area contributed by atoms with Crippen LogP contribution in [0.25, 0.3) is 10.9 Å². The number of aromatic amines is 1. The lowest BCUT2D eigenvalue weighted by Crippen LogP contribution is -2.15. The fourth-order valence-electron chi connectivity index (χ4n) is 2.53. The first kappa shape index (κ1) is 12.8. The summed E-state index contributed by atoms with van der Waals surface area (Å²) in [5.41, 5.74) is 3.78. The number of fused-ring (bicyclic) bond motifs is 1. The molecule has 2 heteroatoms. The van der Waals surface area contributed by atoms with Crippen molar-refractivity contribution < 1.29 is 0 Å². The Morgan fingerprint density at radius 3 is 2.75 bits per heavy atom. The van der Waals surface area contributed by atoms with Crippen LogP contribution in [0.3, 0.4) is 0 Å². The smallest absolute Gasteiger partial charge is 0.0455 e. The van der Waals surface area contributed by atoms with E-state index in [1.807, 2.05) is 6.20 Å². The summed E-state index contributed by atoms with van der Waals surface area (Å²) >= 11 is 0. The highest BCUT2D eigenvalue weighted by atomic mass is 14.9. The molecule has 1 unspecified atom stereocenters. The van der Waals surface area contributed by atoms with Gasteiger partial charge in [-0.1, -0.05) is 30.3 Å². The Hall–Kier alpha value is -2.22. The van der Waals surface area contributed by atoms with E-state index < -0.39 is 0 Å². The minimum absolute atomic E-state index is 0.464. The van der Waals surface area contributed by atoms with Crippen molar-refractivity contribution in [2.45, 2.75) is 25.8 Å². The summed E-state index contributed by atoms with van der Waals surface area (Å²) in [4.78, 5) is 3.22. The Bertz CT molecular complexity index is 670. The fraction of sp³-hybridized carbons (Fsp3) is 0.222. The monoisotopic (exact) mass is 264 g/mol. The van der Waals surface area contributed by atoms with Crippen LogP contribution in [-0.2, 0) is 6.42 Å². The Labute approximate surface area is 119 Å². The molecular formula is C18H20N2. The number of rotatable bonds is 5. The van der Waals surface area contributed by atoms with Gasteiger partial charge in [0.2, 0.25) is 0 Å². The van der Waals surface area contributed by atoms with E-state index in [9.17, 15) is 0 Å². The lowest BCUT2D eigenvalue weighted by atomic mass is 10.1. The van der Waals surface area contributed by atoms with E-state index in [-0.39, 0.29) is 0 Å². The molecule has 0 aliphatic rings. The average molecular weight is 264 g/mol. The third-order valence-corrected chi connectivity index (χ3v) is 3.68. The number of aryl methyl sites for hydroxylation is 1. The van der Waals surface area contributed by atoms with Gasteiger partial charge in [0.15, 0.2) is 0 Å². The third kappa shape index (κ3) is 3.02. The van der Waals surface area contributed by atoms with Gasteiger partial charge >= 0.3 is 0 Å². The average Bonchev–Trinajstić information content (AvgIpc) is 2.94. The van der Waals surface area contributed by atoms with Crippen LogP contribution in [0, 0.1) is 0 Å². The SMILES string of the molecule is CC(CCc1ccccc1)Nc1ccc2[nH]ccc2c1. The summed E-state index contributed by atoms with van der Waals surface area (Å²) in [6, 6.07) is 19.7. The zero-order valence-electron chi connectivity index (χ0n) is 11.8. The fourth-order valence-corrected chi connectivity index (χ4v) is 2.53. The largest absolute Gasteiger partial charge is 0.383 e. The molecule has 2 aromatic carbocycles. The lowest BCUT2D eigenvalue weighted by Gasteiger charge is -2.15. The van der Waals surface area contributed by atoms with Crippen molar-refractivity contribution in [3.05, 3.63) is 66.4 Å². The highest BCUT2D eigenvalue weighted by Crippen LogP contribution is 2.19. The van der Waals surface area contributed by atoms with Crippen molar-refractivity contribution in [3.8, 4) is 0 Å². The number of hydrogen-bond acceptors (Lipinski definition) is 1. The van der Waals surface area contributed by atoms with E-state index >= 15 is 0 Å². The Kier molecular flexibility index (Phi) is 3.73. The van der Waals surface area contributed by atoms with Crippen LogP contribution in [0.2, 0.25) is 0 Å². The van der Waals surface area contributed by atoms with Crippen molar-refractivity contribution in [3.63, 3.8) is 0 Å². The molecule has 0 saturated carbocycles. The van der Waals surface area contributed by atoms with Crippen LogP contribution >= 0.6 is 0 Å². The van der Waals surface area contributed by atoms with Crippen LogP contribution in [-0.4, -0.2) is 11.0 Å². The van der Waals surface area contributed by atoms with E-state index in [0.29, 0.717) is 6.04 Å². The van der Waals surface area contributed by atoms with Gasteiger partial charge in [-0.3, -0.25) is 0 Å². The molecule has 1 heterocycles. The molecule has 0 aliphatic heterocycles. The van der Waals surface area contributed by atoms with Gasteiger partial charge in [-0.25, -0.2) is 0 Å². The van der Waals surface area contributed by atoms with Gasteiger partial charge in [0, 0.05) is 28.8 Å². The molecular weight excluding hydrogens is 244 g/mol. The number of hydrogen-bond donors (Lipinski definition) is 2.